The fourth-order valence-electron chi connectivity index (χ4n) is 5.88. The van der Waals surface area contributed by atoms with Crippen molar-refractivity contribution >= 4 is 16.9 Å². The van der Waals surface area contributed by atoms with Crippen molar-refractivity contribution in [1.82, 2.24) is 0 Å². The van der Waals surface area contributed by atoms with E-state index < -0.39 is 8.07 Å². The van der Waals surface area contributed by atoms with E-state index in [0.717, 1.165) is 11.8 Å². The van der Waals surface area contributed by atoms with Gasteiger partial charge >= 0.3 is 0 Å². The summed E-state index contributed by atoms with van der Waals surface area (Å²) in [6, 6.07) is 3.26. The third-order valence-electron chi connectivity index (χ3n) is 7.12. The van der Waals surface area contributed by atoms with E-state index in [2.05, 4.69) is 33.5 Å². The summed E-state index contributed by atoms with van der Waals surface area (Å²) in [7, 11) is -1.37. The molecule has 2 saturated carbocycles. The van der Waals surface area contributed by atoms with Crippen LogP contribution in [0.25, 0.3) is 0 Å². The minimum atomic E-state index is -1.02. The first-order valence-electron chi connectivity index (χ1n) is 9.99. The van der Waals surface area contributed by atoms with Gasteiger partial charge in [0, 0.05) is 8.80 Å². The third kappa shape index (κ3) is 4.25. The molecular formula is C19H40Si2. The lowest BCUT2D eigenvalue weighted by atomic mass is 10.1. The van der Waals surface area contributed by atoms with Crippen LogP contribution < -0.4 is 0 Å². The lowest BCUT2D eigenvalue weighted by Crippen LogP contribution is -2.40. The Hall–Kier alpha value is 0.434. The highest BCUT2D eigenvalue weighted by Gasteiger charge is 2.47. The maximum absolute atomic E-state index is 2.83. The molecule has 0 saturated heterocycles. The zero-order valence-corrected chi connectivity index (χ0v) is 17.6. The molecule has 0 aliphatic heterocycles. The second-order valence-electron chi connectivity index (χ2n) is 9.05. The van der Waals surface area contributed by atoms with Crippen molar-refractivity contribution in [2.75, 3.05) is 0 Å². The van der Waals surface area contributed by atoms with Gasteiger partial charge in [0.25, 0.3) is 0 Å². The van der Waals surface area contributed by atoms with E-state index in [1.165, 1.54) is 23.9 Å². The maximum Gasteiger partial charge on any atom is 0.0567 e. The van der Waals surface area contributed by atoms with Gasteiger partial charge in [0.1, 0.15) is 0 Å². The Morgan fingerprint density at radius 3 is 1.95 bits per heavy atom. The van der Waals surface area contributed by atoms with Gasteiger partial charge in [-0.2, -0.15) is 0 Å². The number of hydrogen-bond acceptors (Lipinski definition) is 0. The van der Waals surface area contributed by atoms with Crippen LogP contribution in [-0.2, 0) is 0 Å². The molecule has 124 valence electrons. The van der Waals surface area contributed by atoms with Crippen LogP contribution in [0.5, 0.6) is 0 Å². The monoisotopic (exact) mass is 324 g/mol. The Morgan fingerprint density at radius 2 is 1.48 bits per heavy atom. The second kappa shape index (κ2) is 7.81. The summed E-state index contributed by atoms with van der Waals surface area (Å²) in [4.78, 5) is 0. The molecule has 2 aliphatic carbocycles. The van der Waals surface area contributed by atoms with Crippen LogP contribution in [0.2, 0.25) is 42.8 Å². The van der Waals surface area contributed by atoms with Gasteiger partial charge in [0.2, 0.25) is 0 Å². The van der Waals surface area contributed by atoms with Crippen molar-refractivity contribution in [3.8, 4) is 0 Å². The molecule has 0 spiro atoms. The summed E-state index contributed by atoms with van der Waals surface area (Å²) in [5, 5.41) is 0. The van der Waals surface area contributed by atoms with E-state index >= 15 is 0 Å². The molecule has 2 heteroatoms. The summed E-state index contributed by atoms with van der Waals surface area (Å²) in [5.41, 5.74) is 2.37. The van der Waals surface area contributed by atoms with Crippen molar-refractivity contribution in [2.45, 2.75) is 108 Å². The van der Waals surface area contributed by atoms with Crippen LogP contribution in [0.3, 0.4) is 0 Å². The van der Waals surface area contributed by atoms with Crippen LogP contribution in [-0.4, -0.2) is 16.9 Å². The van der Waals surface area contributed by atoms with E-state index in [1.54, 1.807) is 50.6 Å². The van der Waals surface area contributed by atoms with Gasteiger partial charge in [-0.05, 0) is 29.3 Å². The average molecular weight is 325 g/mol. The summed E-state index contributed by atoms with van der Waals surface area (Å²) >= 11 is 0. The Bertz CT molecular complexity index is 315. The molecule has 0 amide bonds. The third-order valence-corrected chi connectivity index (χ3v) is 15.1. The SMILES string of the molecule is CCC[Si](C)(C1CCC(CC)C1)C1CCC(C[SiH](C)C)C1. The van der Waals surface area contributed by atoms with Crippen molar-refractivity contribution in [3.63, 3.8) is 0 Å². The first-order chi connectivity index (χ1) is 9.99. The van der Waals surface area contributed by atoms with E-state index in [4.69, 9.17) is 0 Å². The molecule has 21 heavy (non-hydrogen) atoms. The molecular weight excluding hydrogens is 284 g/mol. The predicted octanol–water partition coefficient (Wildman–Crippen LogP) is 6.71. The minimum Gasteiger partial charge on any atom is -0.0722 e. The van der Waals surface area contributed by atoms with Crippen LogP contribution in [0.4, 0.5) is 0 Å². The molecule has 0 radical (unpaired) electrons. The zero-order valence-electron chi connectivity index (χ0n) is 15.5. The van der Waals surface area contributed by atoms with Gasteiger partial charge in [-0.3, -0.25) is 0 Å². The van der Waals surface area contributed by atoms with E-state index in [-0.39, 0.29) is 8.80 Å². The lowest BCUT2D eigenvalue weighted by Gasteiger charge is -2.40. The van der Waals surface area contributed by atoms with Crippen molar-refractivity contribution in [2.24, 2.45) is 11.8 Å². The van der Waals surface area contributed by atoms with Crippen LogP contribution in [0, 0.1) is 11.8 Å². The Balaban J connectivity index is 2.01. The molecule has 0 nitrogen and oxygen atoms in total. The number of hydrogen-bond donors (Lipinski definition) is 0. The highest BCUT2D eigenvalue weighted by Crippen LogP contribution is 2.55. The Kier molecular flexibility index (Phi) is 6.61. The standard InChI is InChI=1S/C19H40Si2/c1-6-12-21(5,18-10-8-16(7-2)13-18)19-11-9-17(14-19)15-20(3)4/h16-20H,6-15H2,1-5H3. The summed E-state index contributed by atoms with van der Waals surface area (Å²) in [5.74, 6) is 2.22. The highest BCUT2D eigenvalue weighted by atomic mass is 28.3. The normalized spacial score (nSPS) is 36.3. The van der Waals surface area contributed by atoms with Crippen molar-refractivity contribution in [1.29, 1.82) is 0 Å². The lowest BCUT2D eigenvalue weighted by molar-refractivity contribution is 0.527. The minimum absolute atomic E-state index is 0.348. The first kappa shape index (κ1) is 17.8. The van der Waals surface area contributed by atoms with Gasteiger partial charge in [-0.25, -0.2) is 0 Å². The van der Waals surface area contributed by atoms with Crippen molar-refractivity contribution < 1.29 is 0 Å². The average Bonchev–Trinajstić information content (AvgIpc) is 3.07. The van der Waals surface area contributed by atoms with Gasteiger partial charge in [0.05, 0.1) is 8.07 Å². The molecule has 5 unspecified atom stereocenters. The van der Waals surface area contributed by atoms with Gasteiger partial charge in [-0.15, -0.1) is 0 Å². The first-order valence-corrected chi connectivity index (χ1v) is 16.0. The molecule has 2 aliphatic rings. The Labute approximate surface area is 137 Å². The van der Waals surface area contributed by atoms with E-state index in [1.807, 2.05) is 0 Å². The zero-order chi connectivity index (χ0) is 15.5. The van der Waals surface area contributed by atoms with Crippen molar-refractivity contribution in [3.05, 3.63) is 0 Å². The van der Waals surface area contributed by atoms with Crippen LogP contribution >= 0.6 is 0 Å². The van der Waals surface area contributed by atoms with E-state index in [9.17, 15) is 0 Å². The highest BCUT2D eigenvalue weighted by molar-refractivity contribution is 6.81. The Morgan fingerprint density at radius 1 is 0.905 bits per heavy atom. The molecule has 0 heterocycles. The number of rotatable bonds is 7. The largest absolute Gasteiger partial charge is 0.0722 e. The van der Waals surface area contributed by atoms with E-state index in [0.29, 0.717) is 0 Å². The summed E-state index contributed by atoms with van der Waals surface area (Å²) in [6.45, 7) is 12.8. The van der Waals surface area contributed by atoms with Gasteiger partial charge in [-0.1, -0.05) is 90.5 Å². The van der Waals surface area contributed by atoms with Crippen LogP contribution in [0.15, 0.2) is 0 Å². The second-order valence-corrected chi connectivity index (χ2v) is 17.4. The molecule has 5 atom stereocenters. The topological polar surface area (TPSA) is 0 Å². The molecule has 2 fully saturated rings. The fourth-order valence-corrected chi connectivity index (χ4v) is 13.6. The molecule has 0 N–H and O–H groups in total. The van der Waals surface area contributed by atoms with Gasteiger partial charge < -0.3 is 0 Å². The summed E-state index contributed by atoms with van der Waals surface area (Å²) < 4.78 is 0. The predicted molar refractivity (Wildman–Crippen MR) is 103 cm³/mol. The molecule has 0 bridgehead atoms. The maximum atomic E-state index is 2.83. The summed E-state index contributed by atoms with van der Waals surface area (Å²) in [6.07, 6.45) is 12.5. The smallest absolute Gasteiger partial charge is 0.0567 e. The molecule has 0 aromatic carbocycles. The molecule has 0 aromatic heterocycles. The fraction of sp³-hybridized carbons (Fsp3) is 1.00. The van der Waals surface area contributed by atoms with Gasteiger partial charge in [0.15, 0.2) is 0 Å². The molecule has 2 rings (SSSR count). The van der Waals surface area contributed by atoms with Crippen LogP contribution in [0.1, 0.15) is 65.2 Å². The quantitative estimate of drug-likeness (QED) is 0.456. The molecule has 0 aromatic rings.